The SMILES string of the molecule is CC(C)Cc1ccc([C@H](C)C(=O)N/N=C/c2ccccc2O)cc1. The van der Waals surface area contributed by atoms with Crippen molar-refractivity contribution in [3.63, 3.8) is 0 Å². The van der Waals surface area contributed by atoms with Crippen LogP contribution in [0.2, 0.25) is 0 Å². The molecule has 0 aliphatic heterocycles. The Bertz CT molecular complexity index is 706. The van der Waals surface area contributed by atoms with Crippen molar-refractivity contribution in [3.05, 3.63) is 65.2 Å². The number of aromatic hydroxyl groups is 1. The van der Waals surface area contributed by atoms with Gasteiger partial charge in [0, 0.05) is 5.56 Å². The normalized spacial score (nSPS) is 12.5. The summed E-state index contributed by atoms with van der Waals surface area (Å²) in [4.78, 5) is 12.2. The standard InChI is InChI=1S/C20H24N2O2/c1-14(2)12-16-8-10-17(11-9-16)15(3)20(24)22-21-13-18-6-4-5-7-19(18)23/h4-11,13-15,23H,12H2,1-3H3,(H,22,24)/b21-13+/t15-/m0/s1. The van der Waals surface area contributed by atoms with E-state index in [-0.39, 0.29) is 17.6 Å². The van der Waals surface area contributed by atoms with Gasteiger partial charge in [-0.15, -0.1) is 0 Å². The number of hydrazone groups is 1. The van der Waals surface area contributed by atoms with Crippen LogP contribution in [0.15, 0.2) is 53.6 Å². The average molecular weight is 324 g/mol. The Balaban J connectivity index is 1.95. The van der Waals surface area contributed by atoms with Crippen molar-refractivity contribution < 1.29 is 9.90 Å². The summed E-state index contributed by atoms with van der Waals surface area (Å²) in [5.41, 5.74) is 5.31. The Labute approximate surface area is 143 Å². The van der Waals surface area contributed by atoms with Gasteiger partial charge in [0.1, 0.15) is 5.75 Å². The van der Waals surface area contributed by atoms with E-state index in [4.69, 9.17) is 0 Å². The third kappa shape index (κ3) is 4.95. The Hall–Kier alpha value is -2.62. The van der Waals surface area contributed by atoms with E-state index in [1.165, 1.54) is 11.8 Å². The molecule has 0 spiro atoms. The highest BCUT2D eigenvalue weighted by Crippen LogP contribution is 2.18. The molecule has 0 aromatic heterocycles. The van der Waals surface area contributed by atoms with Crippen LogP contribution in [0.3, 0.4) is 0 Å². The molecule has 0 unspecified atom stereocenters. The van der Waals surface area contributed by atoms with E-state index < -0.39 is 0 Å². The zero-order valence-corrected chi connectivity index (χ0v) is 14.4. The van der Waals surface area contributed by atoms with E-state index in [0.717, 1.165) is 12.0 Å². The number of benzene rings is 2. The van der Waals surface area contributed by atoms with Crippen LogP contribution in [0.25, 0.3) is 0 Å². The van der Waals surface area contributed by atoms with E-state index in [2.05, 4.69) is 36.5 Å². The highest BCUT2D eigenvalue weighted by molar-refractivity contribution is 5.87. The lowest BCUT2D eigenvalue weighted by Gasteiger charge is -2.11. The lowest BCUT2D eigenvalue weighted by Crippen LogP contribution is -2.23. The number of phenolic OH excluding ortho intramolecular Hbond substituents is 1. The summed E-state index contributed by atoms with van der Waals surface area (Å²) in [6.45, 7) is 6.22. The summed E-state index contributed by atoms with van der Waals surface area (Å²) in [7, 11) is 0. The number of hydrogen-bond donors (Lipinski definition) is 2. The molecule has 0 saturated carbocycles. The van der Waals surface area contributed by atoms with Crippen LogP contribution in [0.1, 0.15) is 43.4 Å². The van der Waals surface area contributed by atoms with Crippen LogP contribution < -0.4 is 5.43 Å². The first-order valence-corrected chi connectivity index (χ1v) is 8.17. The summed E-state index contributed by atoms with van der Waals surface area (Å²) in [6, 6.07) is 15.0. The largest absolute Gasteiger partial charge is 0.507 e. The summed E-state index contributed by atoms with van der Waals surface area (Å²) >= 11 is 0. The zero-order chi connectivity index (χ0) is 17.5. The van der Waals surface area contributed by atoms with Gasteiger partial charge < -0.3 is 5.11 Å². The highest BCUT2D eigenvalue weighted by Gasteiger charge is 2.14. The number of amides is 1. The Morgan fingerprint density at radius 2 is 1.79 bits per heavy atom. The molecule has 24 heavy (non-hydrogen) atoms. The van der Waals surface area contributed by atoms with Gasteiger partial charge in [0.15, 0.2) is 0 Å². The second-order valence-corrected chi connectivity index (χ2v) is 6.35. The maximum absolute atomic E-state index is 12.2. The van der Waals surface area contributed by atoms with Crippen LogP contribution in [0.4, 0.5) is 0 Å². The van der Waals surface area contributed by atoms with Gasteiger partial charge in [0.05, 0.1) is 12.1 Å². The minimum Gasteiger partial charge on any atom is -0.507 e. The first-order chi connectivity index (χ1) is 11.5. The van der Waals surface area contributed by atoms with Gasteiger partial charge in [0.25, 0.3) is 0 Å². The molecule has 1 amide bonds. The Morgan fingerprint density at radius 3 is 2.42 bits per heavy atom. The lowest BCUT2D eigenvalue weighted by atomic mass is 9.96. The van der Waals surface area contributed by atoms with Gasteiger partial charge in [-0.05, 0) is 42.5 Å². The molecule has 0 fully saturated rings. The summed E-state index contributed by atoms with van der Waals surface area (Å²) in [5.74, 6) is 0.266. The first kappa shape index (κ1) is 17.7. The molecule has 0 aliphatic rings. The third-order valence-corrected chi connectivity index (χ3v) is 3.83. The number of carbonyl (C=O) groups excluding carboxylic acids is 1. The van der Waals surface area contributed by atoms with Crippen LogP contribution in [-0.4, -0.2) is 17.2 Å². The first-order valence-electron chi connectivity index (χ1n) is 8.17. The van der Waals surface area contributed by atoms with Crippen molar-refractivity contribution in [1.82, 2.24) is 5.43 Å². The van der Waals surface area contributed by atoms with Crippen molar-refractivity contribution in [3.8, 4) is 5.75 Å². The Kier molecular flexibility index (Phi) is 6.13. The number of para-hydroxylation sites is 1. The summed E-state index contributed by atoms with van der Waals surface area (Å²) < 4.78 is 0. The second kappa shape index (κ2) is 8.29. The minimum atomic E-state index is -0.292. The third-order valence-electron chi connectivity index (χ3n) is 3.83. The number of rotatable bonds is 6. The monoisotopic (exact) mass is 324 g/mol. The second-order valence-electron chi connectivity index (χ2n) is 6.35. The number of carbonyl (C=O) groups is 1. The van der Waals surface area contributed by atoms with Crippen molar-refractivity contribution in [2.24, 2.45) is 11.0 Å². The van der Waals surface area contributed by atoms with Crippen LogP contribution in [0.5, 0.6) is 5.75 Å². The van der Waals surface area contributed by atoms with Crippen molar-refractivity contribution in [2.75, 3.05) is 0 Å². The van der Waals surface area contributed by atoms with Crippen molar-refractivity contribution >= 4 is 12.1 Å². The predicted octanol–water partition coefficient (Wildman–Crippen LogP) is 3.84. The van der Waals surface area contributed by atoms with Crippen molar-refractivity contribution in [1.29, 1.82) is 0 Å². The lowest BCUT2D eigenvalue weighted by molar-refractivity contribution is -0.122. The van der Waals surface area contributed by atoms with Gasteiger partial charge in [-0.3, -0.25) is 4.79 Å². The van der Waals surface area contributed by atoms with E-state index in [0.29, 0.717) is 11.5 Å². The minimum absolute atomic E-state index is 0.129. The van der Waals surface area contributed by atoms with Gasteiger partial charge in [-0.1, -0.05) is 50.2 Å². The molecule has 4 nitrogen and oxygen atoms in total. The number of phenols is 1. The number of nitrogens with zero attached hydrogens (tertiary/aromatic N) is 1. The average Bonchev–Trinajstić information content (AvgIpc) is 2.56. The van der Waals surface area contributed by atoms with Crippen LogP contribution >= 0.6 is 0 Å². The quantitative estimate of drug-likeness (QED) is 0.626. The number of hydrogen-bond acceptors (Lipinski definition) is 3. The molecule has 2 aromatic rings. The molecule has 0 saturated heterocycles. The number of nitrogens with one attached hydrogen (secondary N) is 1. The molecule has 2 N–H and O–H groups in total. The summed E-state index contributed by atoms with van der Waals surface area (Å²) in [5, 5.41) is 13.6. The fraction of sp³-hybridized carbons (Fsp3) is 0.300. The molecular formula is C20H24N2O2. The molecule has 1 atom stereocenters. The molecule has 0 aliphatic carbocycles. The van der Waals surface area contributed by atoms with Gasteiger partial charge in [0.2, 0.25) is 5.91 Å². The maximum atomic E-state index is 12.2. The van der Waals surface area contributed by atoms with Gasteiger partial charge in [-0.25, -0.2) is 5.43 Å². The van der Waals surface area contributed by atoms with E-state index in [1.807, 2.05) is 19.1 Å². The topological polar surface area (TPSA) is 61.7 Å². The van der Waals surface area contributed by atoms with E-state index >= 15 is 0 Å². The maximum Gasteiger partial charge on any atom is 0.247 e. The van der Waals surface area contributed by atoms with Gasteiger partial charge >= 0.3 is 0 Å². The molecular weight excluding hydrogens is 300 g/mol. The van der Waals surface area contributed by atoms with Crippen molar-refractivity contribution in [2.45, 2.75) is 33.1 Å². The molecule has 4 heteroatoms. The highest BCUT2D eigenvalue weighted by atomic mass is 16.3. The van der Waals surface area contributed by atoms with Gasteiger partial charge in [-0.2, -0.15) is 5.10 Å². The Morgan fingerprint density at radius 1 is 1.12 bits per heavy atom. The molecule has 0 radical (unpaired) electrons. The zero-order valence-electron chi connectivity index (χ0n) is 14.4. The van der Waals surface area contributed by atoms with Crippen LogP contribution in [0, 0.1) is 5.92 Å². The molecule has 0 bridgehead atoms. The summed E-state index contributed by atoms with van der Waals surface area (Å²) in [6.07, 6.45) is 2.47. The molecule has 126 valence electrons. The fourth-order valence-electron chi connectivity index (χ4n) is 2.42. The smallest absolute Gasteiger partial charge is 0.247 e. The molecule has 0 heterocycles. The molecule has 2 aromatic carbocycles. The predicted molar refractivity (Wildman–Crippen MR) is 97.2 cm³/mol. The van der Waals surface area contributed by atoms with E-state index in [9.17, 15) is 9.90 Å². The van der Waals surface area contributed by atoms with Crippen LogP contribution in [-0.2, 0) is 11.2 Å². The van der Waals surface area contributed by atoms with E-state index in [1.54, 1.807) is 24.3 Å². The molecule has 2 rings (SSSR count). The fourth-order valence-corrected chi connectivity index (χ4v) is 2.42.